The van der Waals surface area contributed by atoms with Crippen molar-refractivity contribution in [2.24, 2.45) is 0 Å². The number of ether oxygens (including phenoxy) is 1. The molecule has 0 aromatic heterocycles. The lowest BCUT2D eigenvalue weighted by Crippen LogP contribution is -2.47. The van der Waals surface area contributed by atoms with Crippen molar-refractivity contribution in [3.05, 3.63) is 36.5 Å². The molecule has 0 aromatic carbocycles. The summed E-state index contributed by atoms with van der Waals surface area (Å²) in [5, 5.41) is 3.02. The van der Waals surface area contributed by atoms with E-state index < -0.39 is 20.0 Å². The van der Waals surface area contributed by atoms with E-state index in [0.29, 0.717) is 17.4 Å². The zero-order chi connectivity index (χ0) is 49.4. The number of hydrogen-bond donors (Lipinski definition) is 1. The maximum Gasteiger partial charge on any atom is 0.306 e. The maximum absolute atomic E-state index is 13.5. The Morgan fingerprint density at radius 3 is 1.34 bits per heavy atom. The van der Waals surface area contributed by atoms with Crippen molar-refractivity contribution in [3.63, 3.8) is 0 Å². The molecule has 0 aromatic rings. The van der Waals surface area contributed by atoms with Gasteiger partial charge in [-0.15, -0.1) is 0 Å². The van der Waals surface area contributed by atoms with E-state index in [1.165, 1.54) is 154 Å². The van der Waals surface area contributed by atoms with Crippen molar-refractivity contribution in [1.29, 1.82) is 0 Å². The van der Waals surface area contributed by atoms with Crippen LogP contribution in [0.25, 0.3) is 0 Å². The van der Waals surface area contributed by atoms with Crippen LogP contribution in [0.15, 0.2) is 36.5 Å². The molecule has 10 heteroatoms. The molecule has 3 unspecified atom stereocenters. The maximum atomic E-state index is 13.5. The average Bonchev–Trinajstić information content (AvgIpc) is 3.28. The second-order valence-electron chi connectivity index (χ2n) is 20.5. The SMILES string of the molecule is CCCCC/C=C/C=C/CCCCCCCCC(=O)OC(/C=C/CCCCCCCCCCCC)C(COP(=O)([O-])OCC[N+](C)(C)C)NC(=O)CCCCCCCCCCCCCCCC. The van der Waals surface area contributed by atoms with Crippen LogP contribution in [0, 0.1) is 0 Å². The van der Waals surface area contributed by atoms with E-state index in [4.69, 9.17) is 13.8 Å². The standard InChI is InChI=1S/C57H109N2O7P/c1-7-10-13-16-19-22-25-28-30-32-35-38-41-44-47-50-57(61)66-55(48-45-42-39-36-33-27-24-21-18-15-12-9-3)54(53-65-67(62,63)64-52-51-59(4,5)6)58-56(60)49-46-43-40-37-34-31-29-26-23-20-17-14-11-8-2/h19,22,25,28,45,48,54-55H,7-18,20-21,23-24,26-27,29-44,46-47,49-53H2,1-6H3,(H-,58,60,62,63)/b22-19+,28-25+,48-45+. The van der Waals surface area contributed by atoms with Crippen LogP contribution in [-0.4, -0.2) is 69.4 Å². The molecule has 1 amide bonds. The van der Waals surface area contributed by atoms with Crippen LogP contribution in [0.1, 0.15) is 265 Å². The molecule has 67 heavy (non-hydrogen) atoms. The van der Waals surface area contributed by atoms with E-state index in [-0.39, 0.29) is 31.5 Å². The van der Waals surface area contributed by atoms with Gasteiger partial charge in [0.1, 0.15) is 19.3 Å². The Kier molecular flexibility index (Phi) is 46.6. The van der Waals surface area contributed by atoms with Crippen LogP contribution in [0.2, 0.25) is 0 Å². The number of amides is 1. The minimum Gasteiger partial charge on any atom is -0.756 e. The monoisotopic (exact) mass is 965 g/mol. The zero-order valence-electron chi connectivity index (χ0n) is 44.9. The fraction of sp³-hybridized carbons (Fsp3) is 0.860. The first kappa shape index (κ1) is 65.2. The molecular formula is C57H109N2O7P. The van der Waals surface area contributed by atoms with Crippen LogP contribution in [0.5, 0.6) is 0 Å². The van der Waals surface area contributed by atoms with Crippen molar-refractivity contribution < 1.29 is 37.3 Å². The third-order valence-corrected chi connectivity index (χ3v) is 13.6. The Hall–Kier alpha value is -1.77. The first-order valence-corrected chi connectivity index (χ1v) is 29.8. The predicted molar refractivity (Wildman–Crippen MR) is 284 cm³/mol. The van der Waals surface area contributed by atoms with Crippen LogP contribution in [0.4, 0.5) is 0 Å². The largest absolute Gasteiger partial charge is 0.756 e. The van der Waals surface area contributed by atoms with Crippen molar-refractivity contribution >= 4 is 19.7 Å². The van der Waals surface area contributed by atoms with Crippen LogP contribution in [-0.2, 0) is 27.9 Å². The summed E-state index contributed by atoms with van der Waals surface area (Å²) in [7, 11) is 1.18. The lowest BCUT2D eigenvalue weighted by molar-refractivity contribution is -0.870. The number of nitrogens with zero attached hydrogens (tertiary/aromatic N) is 1. The Labute approximate surface area is 415 Å². The number of phosphoric ester groups is 1. The van der Waals surface area contributed by atoms with Crippen molar-refractivity contribution in [1.82, 2.24) is 5.32 Å². The van der Waals surface area contributed by atoms with Gasteiger partial charge in [-0.3, -0.25) is 14.2 Å². The molecule has 0 spiro atoms. The quantitative estimate of drug-likeness (QED) is 0.0161. The highest BCUT2D eigenvalue weighted by molar-refractivity contribution is 7.45. The molecule has 0 rings (SSSR count). The topological polar surface area (TPSA) is 114 Å². The zero-order valence-corrected chi connectivity index (χ0v) is 45.8. The van der Waals surface area contributed by atoms with E-state index in [1.807, 2.05) is 33.3 Å². The molecule has 0 saturated heterocycles. The lowest BCUT2D eigenvalue weighted by Gasteiger charge is -2.30. The molecule has 0 saturated carbocycles. The second-order valence-corrected chi connectivity index (χ2v) is 21.9. The second kappa shape index (κ2) is 47.9. The Morgan fingerprint density at radius 2 is 0.896 bits per heavy atom. The summed E-state index contributed by atoms with van der Waals surface area (Å²) in [5.41, 5.74) is 0. The number of carbonyl (C=O) groups is 2. The Balaban J connectivity index is 5.37. The van der Waals surface area contributed by atoms with E-state index >= 15 is 0 Å². The van der Waals surface area contributed by atoms with Crippen molar-refractivity contribution in [2.45, 2.75) is 277 Å². The minimum atomic E-state index is -4.69. The van der Waals surface area contributed by atoms with E-state index in [0.717, 1.165) is 77.0 Å². The van der Waals surface area contributed by atoms with Crippen LogP contribution < -0.4 is 10.2 Å². The van der Waals surface area contributed by atoms with Gasteiger partial charge in [0.05, 0.1) is 33.8 Å². The third kappa shape index (κ3) is 49.0. The number of phosphoric acid groups is 1. The average molecular weight is 965 g/mol. The molecule has 1 N–H and O–H groups in total. The van der Waals surface area contributed by atoms with Gasteiger partial charge >= 0.3 is 5.97 Å². The number of quaternary nitrogens is 1. The number of hydrogen-bond acceptors (Lipinski definition) is 7. The Bertz CT molecular complexity index is 1250. The highest BCUT2D eigenvalue weighted by atomic mass is 31.2. The summed E-state index contributed by atoms with van der Waals surface area (Å²) < 4.78 is 30.2. The number of unbranched alkanes of at least 4 members (excludes halogenated alkanes) is 32. The smallest absolute Gasteiger partial charge is 0.306 e. The summed E-state index contributed by atoms with van der Waals surface area (Å²) in [6, 6.07) is -0.887. The molecular weight excluding hydrogens is 856 g/mol. The van der Waals surface area contributed by atoms with Crippen molar-refractivity contribution in [3.8, 4) is 0 Å². The number of likely N-dealkylation sites (N-methyl/N-ethyl adjacent to an activating group) is 1. The molecule has 0 bridgehead atoms. The van der Waals surface area contributed by atoms with E-state index in [1.54, 1.807) is 0 Å². The van der Waals surface area contributed by atoms with Gasteiger partial charge in [-0.2, -0.15) is 0 Å². The van der Waals surface area contributed by atoms with Crippen LogP contribution >= 0.6 is 7.82 Å². The molecule has 0 fully saturated rings. The fourth-order valence-corrected chi connectivity index (χ4v) is 8.88. The molecule has 3 atom stereocenters. The number of carbonyl (C=O) groups excluding carboxylic acids is 2. The first-order valence-electron chi connectivity index (χ1n) is 28.3. The van der Waals surface area contributed by atoms with E-state index in [2.05, 4.69) is 50.4 Å². The van der Waals surface area contributed by atoms with Gasteiger partial charge in [0, 0.05) is 12.8 Å². The highest BCUT2D eigenvalue weighted by Gasteiger charge is 2.27. The molecule has 0 heterocycles. The molecule has 0 aliphatic carbocycles. The fourth-order valence-electron chi connectivity index (χ4n) is 8.16. The summed E-state index contributed by atoms with van der Waals surface area (Å²) in [6.45, 7) is 6.81. The molecule has 0 radical (unpaired) electrons. The molecule has 0 aliphatic heterocycles. The normalized spacial score (nSPS) is 14.1. The van der Waals surface area contributed by atoms with Gasteiger partial charge < -0.3 is 28.5 Å². The molecule has 9 nitrogen and oxygen atoms in total. The molecule has 394 valence electrons. The summed E-state index contributed by atoms with van der Waals surface area (Å²) >= 11 is 0. The van der Waals surface area contributed by atoms with Gasteiger partial charge in [-0.1, -0.05) is 231 Å². The summed E-state index contributed by atoms with van der Waals surface area (Å²) in [6.07, 6.45) is 55.2. The first-order chi connectivity index (χ1) is 32.4. The van der Waals surface area contributed by atoms with Crippen LogP contribution in [0.3, 0.4) is 0 Å². The highest BCUT2D eigenvalue weighted by Crippen LogP contribution is 2.38. The minimum absolute atomic E-state index is 0.0223. The number of rotatable bonds is 51. The van der Waals surface area contributed by atoms with Gasteiger partial charge in [-0.05, 0) is 57.4 Å². The molecule has 0 aliphatic rings. The van der Waals surface area contributed by atoms with Gasteiger partial charge in [-0.25, -0.2) is 0 Å². The number of allylic oxidation sites excluding steroid dienone is 5. The summed E-state index contributed by atoms with van der Waals surface area (Å²) in [5.74, 6) is -0.546. The predicted octanol–water partition coefficient (Wildman–Crippen LogP) is 16.1. The lowest BCUT2D eigenvalue weighted by atomic mass is 10.0. The van der Waals surface area contributed by atoms with Gasteiger partial charge in [0.15, 0.2) is 0 Å². The van der Waals surface area contributed by atoms with Crippen molar-refractivity contribution in [2.75, 3.05) is 40.9 Å². The number of esters is 1. The van der Waals surface area contributed by atoms with Gasteiger partial charge in [0.2, 0.25) is 5.91 Å². The Morgan fingerprint density at radius 1 is 0.522 bits per heavy atom. The third-order valence-electron chi connectivity index (χ3n) is 12.6. The number of nitrogens with one attached hydrogen (secondary N) is 1. The summed E-state index contributed by atoms with van der Waals surface area (Å²) in [4.78, 5) is 39.8. The van der Waals surface area contributed by atoms with E-state index in [9.17, 15) is 19.0 Å². The van der Waals surface area contributed by atoms with Gasteiger partial charge in [0.25, 0.3) is 7.82 Å².